The van der Waals surface area contributed by atoms with Crippen molar-refractivity contribution in [1.82, 2.24) is 24.9 Å². The lowest BCUT2D eigenvalue weighted by molar-refractivity contribution is 0.0944. The van der Waals surface area contributed by atoms with Gasteiger partial charge in [0.25, 0.3) is 5.91 Å². The smallest absolute Gasteiger partial charge is 0.272 e. The summed E-state index contributed by atoms with van der Waals surface area (Å²) in [7, 11) is 3.65. The van der Waals surface area contributed by atoms with Gasteiger partial charge in [0.2, 0.25) is 0 Å². The van der Waals surface area contributed by atoms with E-state index in [1.54, 1.807) is 21.6 Å². The molecule has 2 rings (SSSR count). The van der Waals surface area contributed by atoms with Crippen LogP contribution in [-0.2, 0) is 20.6 Å². The van der Waals surface area contributed by atoms with Gasteiger partial charge in [-0.25, -0.2) is 0 Å². The minimum atomic E-state index is -0.171. The molecule has 6 nitrogen and oxygen atoms in total. The molecule has 0 aromatic carbocycles. The van der Waals surface area contributed by atoms with Gasteiger partial charge in [-0.3, -0.25) is 14.2 Å². The first-order chi connectivity index (χ1) is 8.08. The highest BCUT2D eigenvalue weighted by atomic mass is 16.1. The molecule has 0 saturated heterocycles. The second-order valence-electron chi connectivity index (χ2n) is 3.92. The van der Waals surface area contributed by atoms with E-state index in [2.05, 4.69) is 15.5 Å². The molecule has 0 saturated carbocycles. The van der Waals surface area contributed by atoms with Gasteiger partial charge in [0, 0.05) is 26.0 Å². The summed E-state index contributed by atoms with van der Waals surface area (Å²) in [4.78, 5) is 11.8. The first-order valence-corrected chi connectivity index (χ1v) is 5.33. The summed E-state index contributed by atoms with van der Waals surface area (Å²) in [5.41, 5.74) is 2.34. The minimum absolute atomic E-state index is 0.171. The van der Waals surface area contributed by atoms with Crippen LogP contribution in [0.2, 0.25) is 0 Å². The van der Waals surface area contributed by atoms with E-state index >= 15 is 0 Å². The van der Waals surface area contributed by atoms with Crippen molar-refractivity contribution in [3.05, 3.63) is 35.4 Å². The highest BCUT2D eigenvalue weighted by Gasteiger charge is 2.10. The molecule has 2 aromatic heterocycles. The third-order valence-electron chi connectivity index (χ3n) is 2.70. The van der Waals surface area contributed by atoms with Crippen molar-refractivity contribution in [1.29, 1.82) is 0 Å². The summed E-state index contributed by atoms with van der Waals surface area (Å²) >= 11 is 0. The third kappa shape index (κ3) is 2.35. The third-order valence-corrected chi connectivity index (χ3v) is 2.70. The number of rotatable bonds is 3. The van der Waals surface area contributed by atoms with Gasteiger partial charge in [0.05, 0.1) is 12.2 Å². The Morgan fingerprint density at radius 3 is 2.71 bits per heavy atom. The Kier molecular flexibility index (Phi) is 2.95. The van der Waals surface area contributed by atoms with Crippen LogP contribution in [0.4, 0.5) is 0 Å². The molecule has 2 aromatic rings. The molecule has 6 heteroatoms. The fraction of sp³-hybridized carbons (Fsp3) is 0.364. The Hall–Kier alpha value is -2.11. The molecule has 1 amide bonds. The summed E-state index contributed by atoms with van der Waals surface area (Å²) in [6.45, 7) is 2.36. The van der Waals surface area contributed by atoms with Crippen LogP contribution in [0.25, 0.3) is 0 Å². The molecule has 0 aliphatic rings. The number of hydrogen-bond acceptors (Lipinski definition) is 3. The van der Waals surface area contributed by atoms with Crippen LogP contribution in [0.5, 0.6) is 0 Å². The lowest BCUT2D eigenvalue weighted by Crippen LogP contribution is -2.24. The van der Waals surface area contributed by atoms with Crippen LogP contribution < -0.4 is 5.32 Å². The van der Waals surface area contributed by atoms with E-state index in [4.69, 9.17) is 0 Å². The maximum absolute atomic E-state index is 11.8. The van der Waals surface area contributed by atoms with Gasteiger partial charge in [-0.1, -0.05) is 0 Å². The number of aromatic nitrogens is 4. The van der Waals surface area contributed by atoms with Crippen LogP contribution >= 0.6 is 0 Å². The molecule has 0 bridgehead atoms. The van der Waals surface area contributed by atoms with E-state index in [-0.39, 0.29) is 5.91 Å². The van der Waals surface area contributed by atoms with Gasteiger partial charge in [-0.2, -0.15) is 10.2 Å². The zero-order valence-electron chi connectivity index (χ0n) is 10.1. The molecule has 17 heavy (non-hydrogen) atoms. The lowest BCUT2D eigenvalue weighted by atomic mass is 10.3. The zero-order valence-corrected chi connectivity index (χ0v) is 10.1. The first kappa shape index (κ1) is 11.4. The van der Waals surface area contributed by atoms with E-state index in [1.807, 2.05) is 27.1 Å². The molecular formula is C11H15N5O. The standard InChI is InChI=1S/C11H15N5O/c1-8-6-10(14-15(8)2)11(17)12-7-9-4-5-13-16(9)3/h4-6H,7H2,1-3H3,(H,12,17). The summed E-state index contributed by atoms with van der Waals surface area (Å²) in [6, 6.07) is 3.63. The van der Waals surface area contributed by atoms with Crippen molar-refractivity contribution in [3.63, 3.8) is 0 Å². The van der Waals surface area contributed by atoms with Crippen molar-refractivity contribution >= 4 is 5.91 Å². The van der Waals surface area contributed by atoms with Gasteiger partial charge in [0.1, 0.15) is 5.69 Å². The zero-order chi connectivity index (χ0) is 12.4. The fourth-order valence-electron chi connectivity index (χ4n) is 1.51. The predicted molar refractivity (Wildman–Crippen MR) is 62.3 cm³/mol. The average molecular weight is 233 g/mol. The molecule has 0 spiro atoms. The first-order valence-electron chi connectivity index (χ1n) is 5.33. The number of carbonyl (C=O) groups excluding carboxylic acids is 1. The average Bonchev–Trinajstić information content (AvgIpc) is 2.83. The molecule has 1 N–H and O–H groups in total. The van der Waals surface area contributed by atoms with Crippen LogP contribution in [0, 0.1) is 6.92 Å². The minimum Gasteiger partial charge on any atom is -0.345 e. The summed E-state index contributed by atoms with van der Waals surface area (Å²) in [6.07, 6.45) is 1.70. The highest BCUT2D eigenvalue weighted by molar-refractivity contribution is 5.92. The van der Waals surface area contributed by atoms with Crippen LogP contribution in [0.3, 0.4) is 0 Å². The molecular weight excluding hydrogens is 218 g/mol. The van der Waals surface area contributed by atoms with Crippen LogP contribution in [0.1, 0.15) is 21.9 Å². The summed E-state index contributed by atoms with van der Waals surface area (Å²) in [5, 5.41) is 11.0. The number of amides is 1. The maximum Gasteiger partial charge on any atom is 0.272 e. The topological polar surface area (TPSA) is 64.7 Å². The van der Waals surface area contributed by atoms with E-state index in [0.29, 0.717) is 12.2 Å². The maximum atomic E-state index is 11.8. The van der Waals surface area contributed by atoms with Crippen LogP contribution in [0.15, 0.2) is 18.3 Å². The lowest BCUT2D eigenvalue weighted by Gasteiger charge is -2.03. The normalized spacial score (nSPS) is 10.5. The molecule has 0 unspecified atom stereocenters. The Morgan fingerprint density at radius 2 is 2.18 bits per heavy atom. The summed E-state index contributed by atoms with van der Waals surface area (Å²) in [5.74, 6) is -0.171. The Labute approximate surface area is 99.2 Å². The van der Waals surface area contributed by atoms with Crippen molar-refractivity contribution < 1.29 is 4.79 Å². The van der Waals surface area contributed by atoms with E-state index in [9.17, 15) is 4.79 Å². The SMILES string of the molecule is Cc1cc(C(=O)NCc2ccnn2C)nn1C. The van der Waals surface area contributed by atoms with E-state index in [0.717, 1.165) is 11.4 Å². The van der Waals surface area contributed by atoms with E-state index < -0.39 is 0 Å². The fourth-order valence-corrected chi connectivity index (χ4v) is 1.51. The van der Waals surface area contributed by atoms with Crippen molar-refractivity contribution in [2.75, 3.05) is 0 Å². The van der Waals surface area contributed by atoms with Gasteiger partial charge in [0.15, 0.2) is 0 Å². The number of aryl methyl sites for hydroxylation is 3. The second kappa shape index (κ2) is 4.40. The summed E-state index contributed by atoms with van der Waals surface area (Å²) < 4.78 is 3.41. The quantitative estimate of drug-likeness (QED) is 0.834. The van der Waals surface area contributed by atoms with Crippen molar-refractivity contribution in [3.8, 4) is 0 Å². The molecule has 0 radical (unpaired) electrons. The Morgan fingerprint density at radius 1 is 1.41 bits per heavy atom. The van der Waals surface area contributed by atoms with Gasteiger partial charge < -0.3 is 5.32 Å². The van der Waals surface area contributed by atoms with Gasteiger partial charge >= 0.3 is 0 Å². The predicted octanol–water partition coefficient (Wildman–Crippen LogP) is 0.392. The molecule has 0 atom stereocenters. The second-order valence-corrected chi connectivity index (χ2v) is 3.92. The van der Waals surface area contributed by atoms with Crippen molar-refractivity contribution in [2.45, 2.75) is 13.5 Å². The van der Waals surface area contributed by atoms with Crippen LogP contribution in [-0.4, -0.2) is 25.5 Å². The number of nitrogens with one attached hydrogen (secondary N) is 1. The number of hydrogen-bond donors (Lipinski definition) is 1. The monoisotopic (exact) mass is 233 g/mol. The highest BCUT2D eigenvalue weighted by Crippen LogP contribution is 2.02. The van der Waals surface area contributed by atoms with Gasteiger partial charge in [-0.15, -0.1) is 0 Å². The van der Waals surface area contributed by atoms with E-state index in [1.165, 1.54) is 0 Å². The molecule has 0 aliphatic carbocycles. The number of carbonyl (C=O) groups is 1. The largest absolute Gasteiger partial charge is 0.345 e. The molecule has 0 fully saturated rings. The van der Waals surface area contributed by atoms with Crippen molar-refractivity contribution in [2.24, 2.45) is 14.1 Å². The molecule has 2 heterocycles. The molecule has 90 valence electrons. The van der Waals surface area contributed by atoms with Gasteiger partial charge in [-0.05, 0) is 19.1 Å². The number of nitrogens with zero attached hydrogens (tertiary/aromatic N) is 4. The molecule has 0 aliphatic heterocycles. The Balaban J connectivity index is 2.00. The Bertz CT molecular complexity index is 520.